The number of halogens is 1. The summed E-state index contributed by atoms with van der Waals surface area (Å²) in [6, 6.07) is 20.0. The first kappa shape index (κ1) is 24.9. The number of non-ortho nitro benzene ring substituents is 1. The van der Waals surface area contributed by atoms with Gasteiger partial charge in [0.1, 0.15) is 0 Å². The van der Waals surface area contributed by atoms with E-state index in [4.69, 9.17) is 11.6 Å². The van der Waals surface area contributed by atoms with Gasteiger partial charge in [-0.05, 0) is 48.4 Å². The van der Waals surface area contributed by atoms with Crippen LogP contribution < -0.4 is 10.7 Å². The maximum absolute atomic E-state index is 12.4. The van der Waals surface area contributed by atoms with Gasteiger partial charge < -0.3 is 5.32 Å². The summed E-state index contributed by atoms with van der Waals surface area (Å²) in [6.45, 7) is 1.75. The predicted octanol–water partition coefficient (Wildman–Crippen LogP) is 5.27. The number of anilines is 1. The lowest BCUT2D eigenvalue weighted by molar-refractivity contribution is -0.384. The number of thioether (sulfide) groups is 1. The highest BCUT2D eigenvalue weighted by molar-refractivity contribution is 7.99. The second-order valence-corrected chi connectivity index (χ2v) is 8.62. The number of rotatable bonds is 9. The second-order valence-electron chi connectivity index (χ2n) is 7.19. The molecule has 174 valence electrons. The van der Waals surface area contributed by atoms with Gasteiger partial charge in [0.25, 0.3) is 11.6 Å². The molecule has 0 bridgehead atoms. The van der Waals surface area contributed by atoms with Gasteiger partial charge in [0, 0.05) is 34.2 Å². The average Bonchev–Trinajstić information content (AvgIpc) is 2.83. The van der Waals surface area contributed by atoms with Crippen molar-refractivity contribution in [2.45, 2.75) is 12.7 Å². The highest BCUT2D eigenvalue weighted by Crippen LogP contribution is 2.17. The minimum absolute atomic E-state index is 0.0319. The van der Waals surface area contributed by atoms with Crippen LogP contribution in [0.4, 0.5) is 11.4 Å². The van der Waals surface area contributed by atoms with Gasteiger partial charge >= 0.3 is 0 Å². The van der Waals surface area contributed by atoms with Gasteiger partial charge in [-0.3, -0.25) is 19.7 Å². The van der Waals surface area contributed by atoms with E-state index in [9.17, 15) is 19.7 Å². The van der Waals surface area contributed by atoms with Gasteiger partial charge in [-0.25, -0.2) is 5.43 Å². The quantitative estimate of drug-likeness (QED) is 0.238. The van der Waals surface area contributed by atoms with Crippen molar-refractivity contribution in [2.24, 2.45) is 5.10 Å². The second kappa shape index (κ2) is 12.0. The summed E-state index contributed by atoms with van der Waals surface area (Å²) in [6.07, 6.45) is 0. The molecular formula is C24H21ClN4O4S. The van der Waals surface area contributed by atoms with Crippen molar-refractivity contribution < 1.29 is 14.5 Å². The number of hydrogen-bond acceptors (Lipinski definition) is 6. The van der Waals surface area contributed by atoms with Crippen LogP contribution in [0.5, 0.6) is 0 Å². The summed E-state index contributed by atoms with van der Waals surface area (Å²) >= 11 is 7.32. The monoisotopic (exact) mass is 496 g/mol. The molecule has 10 heteroatoms. The van der Waals surface area contributed by atoms with Crippen LogP contribution >= 0.6 is 23.4 Å². The molecule has 0 unspecified atom stereocenters. The molecule has 0 aliphatic rings. The third-order valence-electron chi connectivity index (χ3n) is 4.62. The van der Waals surface area contributed by atoms with Crippen LogP contribution in [-0.2, 0) is 10.5 Å². The van der Waals surface area contributed by atoms with Crippen molar-refractivity contribution in [1.29, 1.82) is 0 Å². The van der Waals surface area contributed by atoms with Crippen LogP contribution in [0.2, 0.25) is 5.02 Å². The molecule has 3 aromatic rings. The third kappa shape index (κ3) is 7.43. The number of nitro benzene ring substituents is 1. The van der Waals surface area contributed by atoms with Crippen LogP contribution in [0.15, 0.2) is 77.9 Å². The van der Waals surface area contributed by atoms with E-state index in [-0.39, 0.29) is 23.3 Å². The Labute approximate surface area is 205 Å². The van der Waals surface area contributed by atoms with Crippen molar-refractivity contribution in [3.63, 3.8) is 0 Å². The molecular weight excluding hydrogens is 476 g/mol. The van der Waals surface area contributed by atoms with E-state index in [0.717, 1.165) is 11.1 Å². The highest BCUT2D eigenvalue weighted by Gasteiger charge is 2.09. The number of hydrazone groups is 1. The van der Waals surface area contributed by atoms with Gasteiger partial charge in [0.2, 0.25) is 5.91 Å². The van der Waals surface area contributed by atoms with E-state index in [1.54, 1.807) is 61.5 Å². The summed E-state index contributed by atoms with van der Waals surface area (Å²) < 4.78 is 0. The largest absolute Gasteiger partial charge is 0.322 e. The maximum atomic E-state index is 12.4. The lowest BCUT2D eigenvalue weighted by atomic mass is 10.1. The summed E-state index contributed by atoms with van der Waals surface area (Å²) in [7, 11) is 0. The summed E-state index contributed by atoms with van der Waals surface area (Å²) in [4.78, 5) is 34.8. The molecule has 2 N–H and O–H groups in total. The zero-order valence-corrected chi connectivity index (χ0v) is 19.7. The number of nitro groups is 1. The van der Waals surface area contributed by atoms with E-state index in [2.05, 4.69) is 15.8 Å². The lowest BCUT2D eigenvalue weighted by Crippen LogP contribution is -2.21. The standard InChI is InChI=1S/C24H21ClN4O4S/c1-16(27-28-23(30)15-34-14-17-8-10-22(11-9-17)29(32)33)18-4-3-7-21(13-18)26-24(31)19-5-2-6-20(25)12-19/h2-13H,14-15H2,1H3,(H,26,31)(H,28,30)/b27-16+. The molecule has 0 saturated heterocycles. The zero-order chi connectivity index (χ0) is 24.5. The molecule has 0 aliphatic carbocycles. The van der Waals surface area contributed by atoms with Gasteiger partial charge in [-0.15, -0.1) is 11.8 Å². The minimum Gasteiger partial charge on any atom is -0.322 e. The Balaban J connectivity index is 1.51. The van der Waals surface area contributed by atoms with Crippen LogP contribution in [0.3, 0.4) is 0 Å². The van der Waals surface area contributed by atoms with Gasteiger partial charge in [-0.1, -0.05) is 41.9 Å². The van der Waals surface area contributed by atoms with Crippen molar-refractivity contribution in [3.8, 4) is 0 Å². The minimum atomic E-state index is -0.451. The number of nitrogens with one attached hydrogen (secondary N) is 2. The Morgan fingerprint density at radius 2 is 1.74 bits per heavy atom. The van der Waals surface area contributed by atoms with Crippen molar-refractivity contribution in [2.75, 3.05) is 11.1 Å². The van der Waals surface area contributed by atoms with E-state index in [1.165, 1.54) is 23.9 Å². The average molecular weight is 497 g/mol. The molecule has 0 heterocycles. The molecule has 0 atom stereocenters. The normalized spacial score (nSPS) is 11.1. The first-order valence-electron chi connectivity index (χ1n) is 10.1. The van der Waals surface area contributed by atoms with Crippen molar-refractivity contribution in [3.05, 3.63) is 105 Å². The van der Waals surface area contributed by atoms with Crippen molar-refractivity contribution >= 4 is 52.3 Å². The van der Waals surface area contributed by atoms with Crippen molar-refractivity contribution in [1.82, 2.24) is 5.43 Å². The number of carbonyl (C=O) groups is 2. The number of hydrogen-bond donors (Lipinski definition) is 2. The topological polar surface area (TPSA) is 114 Å². The highest BCUT2D eigenvalue weighted by atomic mass is 35.5. The third-order valence-corrected chi connectivity index (χ3v) is 5.86. The molecule has 8 nitrogen and oxygen atoms in total. The fourth-order valence-electron chi connectivity index (χ4n) is 2.87. The number of nitrogens with zero attached hydrogens (tertiary/aromatic N) is 2. The number of benzene rings is 3. The van der Waals surface area contributed by atoms with Gasteiger partial charge in [-0.2, -0.15) is 5.10 Å². The molecule has 0 aliphatic heterocycles. The summed E-state index contributed by atoms with van der Waals surface area (Å²) in [5.41, 5.74) is 5.79. The van der Waals surface area contributed by atoms with E-state index >= 15 is 0 Å². The molecule has 0 fully saturated rings. The molecule has 3 aromatic carbocycles. The summed E-state index contributed by atoms with van der Waals surface area (Å²) in [5.74, 6) is 0.177. The Kier molecular flexibility index (Phi) is 8.78. The van der Waals surface area contributed by atoms with E-state index < -0.39 is 4.92 Å². The van der Waals surface area contributed by atoms with Gasteiger partial charge in [0.15, 0.2) is 0 Å². The molecule has 34 heavy (non-hydrogen) atoms. The number of amides is 2. The van der Waals surface area contributed by atoms with Crippen LogP contribution in [0.1, 0.15) is 28.4 Å². The molecule has 3 rings (SSSR count). The molecule has 0 radical (unpaired) electrons. The molecule has 0 spiro atoms. The fourth-order valence-corrected chi connectivity index (χ4v) is 3.84. The molecule has 0 aromatic heterocycles. The fraction of sp³-hybridized carbons (Fsp3) is 0.125. The van der Waals surface area contributed by atoms with E-state index in [1.807, 2.05) is 6.07 Å². The maximum Gasteiger partial charge on any atom is 0.269 e. The molecule has 2 amide bonds. The van der Waals surface area contributed by atoms with E-state index in [0.29, 0.717) is 27.7 Å². The van der Waals surface area contributed by atoms with Gasteiger partial charge in [0.05, 0.1) is 16.4 Å². The first-order chi connectivity index (χ1) is 16.3. The Morgan fingerprint density at radius 3 is 2.44 bits per heavy atom. The molecule has 0 saturated carbocycles. The van der Waals surface area contributed by atoms with Crippen LogP contribution in [0.25, 0.3) is 0 Å². The lowest BCUT2D eigenvalue weighted by Gasteiger charge is -2.08. The zero-order valence-electron chi connectivity index (χ0n) is 18.2. The van der Waals surface area contributed by atoms with Crippen LogP contribution in [-0.4, -0.2) is 28.2 Å². The summed E-state index contributed by atoms with van der Waals surface area (Å²) in [5, 5.41) is 18.1. The number of carbonyl (C=O) groups excluding carboxylic acids is 2. The predicted molar refractivity (Wildman–Crippen MR) is 135 cm³/mol. The Bertz CT molecular complexity index is 1230. The first-order valence-corrected chi connectivity index (χ1v) is 11.7. The SMILES string of the molecule is C/C(=N\NC(=O)CSCc1ccc([N+](=O)[O-])cc1)c1cccc(NC(=O)c2cccc(Cl)c2)c1. The van der Waals surface area contributed by atoms with Crippen LogP contribution in [0, 0.1) is 10.1 Å². The Morgan fingerprint density at radius 1 is 1.03 bits per heavy atom. The Hall–Kier alpha value is -3.69. The smallest absolute Gasteiger partial charge is 0.269 e.